The summed E-state index contributed by atoms with van der Waals surface area (Å²) in [6.45, 7) is 3.88. The molecule has 0 aliphatic carbocycles. The average molecular weight is 495 g/mol. The van der Waals surface area contributed by atoms with Crippen molar-refractivity contribution >= 4 is 35.2 Å². The van der Waals surface area contributed by atoms with Crippen LogP contribution >= 0.6 is 23.2 Å². The molecule has 0 bridgehead atoms. The molecule has 1 saturated heterocycles. The number of methoxy groups -OCH3 is 2. The summed E-state index contributed by atoms with van der Waals surface area (Å²) in [6, 6.07) is 11.1. The summed E-state index contributed by atoms with van der Waals surface area (Å²) in [6.07, 6.45) is 3.35. The number of carbonyl (C=O) groups is 1. The van der Waals surface area contributed by atoms with E-state index in [0.717, 1.165) is 30.8 Å². The quantitative estimate of drug-likeness (QED) is 0.362. The Kier molecular flexibility index (Phi) is 9.84. The maximum atomic E-state index is 12.7. The van der Waals surface area contributed by atoms with Gasteiger partial charge in [-0.05, 0) is 41.5 Å². The number of nitrogens with zero attached hydrogens (tertiary/aromatic N) is 2. The van der Waals surface area contributed by atoms with E-state index in [-0.39, 0.29) is 19.5 Å². The fourth-order valence-electron chi connectivity index (χ4n) is 3.40. The van der Waals surface area contributed by atoms with E-state index >= 15 is 0 Å². The molecule has 0 aromatic heterocycles. The monoisotopic (exact) mass is 494 g/mol. The molecule has 7 nitrogen and oxygen atoms in total. The van der Waals surface area contributed by atoms with E-state index in [4.69, 9.17) is 42.1 Å². The smallest absolute Gasteiger partial charge is 0.246 e. The minimum absolute atomic E-state index is 0.0248. The maximum absolute atomic E-state index is 12.7. The first-order chi connectivity index (χ1) is 16.0. The number of amides is 1. The van der Waals surface area contributed by atoms with Gasteiger partial charge in [0.05, 0.1) is 10.0 Å². The number of rotatable bonds is 10. The Labute approximate surface area is 204 Å². The van der Waals surface area contributed by atoms with Crippen molar-refractivity contribution in [2.75, 3.05) is 54.0 Å². The van der Waals surface area contributed by atoms with Crippen molar-refractivity contribution in [3.05, 3.63) is 63.6 Å². The van der Waals surface area contributed by atoms with Crippen molar-refractivity contribution in [3.8, 4) is 11.5 Å². The van der Waals surface area contributed by atoms with Gasteiger partial charge in [0.15, 0.2) is 25.1 Å². The van der Waals surface area contributed by atoms with E-state index in [1.165, 1.54) is 0 Å². The number of carbonyl (C=O) groups excluding carboxylic acids is 1. The Balaban J connectivity index is 1.54. The van der Waals surface area contributed by atoms with E-state index in [1.807, 2.05) is 29.2 Å². The summed E-state index contributed by atoms with van der Waals surface area (Å²) >= 11 is 12.1. The van der Waals surface area contributed by atoms with Crippen LogP contribution in [0.25, 0.3) is 6.08 Å². The zero-order valence-corrected chi connectivity index (χ0v) is 20.3. The highest BCUT2D eigenvalue weighted by Crippen LogP contribution is 2.29. The first-order valence-corrected chi connectivity index (χ1v) is 11.3. The summed E-state index contributed by atoms with van der Waals surface area (Å²) in [5, 5.41) is 1.11. The van der Waals surface area contributed by atoms with Crippen LogP contribution in [0, 0.1) is 0 Å². The summed E-state index contributed by atoms with van der Waals surface area (Å²) in [7, 11) is 3.09. The molecule has 9 heteroatoms. The molecule has 0 radical (unpaired) electrons. The van der Waals surface area contributed by atoms with Crippen LogP contribution < -0.4 is 9.47 Å². The van der Waals surface area contributed by atoms with Crippen LogP contribution in [0.5, 0.6) is 11.5 Å². The lowest BCUT2D eigenvalue weighted by Gasteiger charge is -2.34. The van der Waals surface area contributed by atoms with Crippen LogP contribution in [-0.2, 0) is 20.8 Å². The van der Waals surface area contributed by atoms with Crippen LogP contribution in [0.15, 0.2) is 42.5 Å². The Morgan fingerprint density at radius 1 is 0.909 bits per heavy atom. The average Bonchev–Trinajstić information content (AvgIpc) is 2.83. The first kappa shape index (κ1) is 25.3. The number of hydrogen-bond acceptors (Lipinski definition) is 6. The van der Waals surface area contributed by atoms with Crippen LogP contribution in [0.1, 0.15) is 11.1 Å². The molecule has 1 aliphatic rings. The molecule has 0 N–H and O–H groups in total. The molecule has 2 aromatic carbocycles. The van der Waals surface area contributed by atoms with Crippen molar-refractivity contribution in [3.63, 3.8) is 0 Å². The number of hydrogen-bond donors (Lipinski definition) is 0. The van der Waals surface area contributed by atoms with E-state index in [2.05, 4.69) is 4.90 Å². The zero-order valence-electron chi connectivity index (χ0n) is 18.8. The third kappa shape index (κ3) is 7.62. The standard InChI is InChI=1S/C24H28Cl2N2O5/c1-30-16-32-22-7-4-18(14-23(22)33-17-31-2)5-8-24(29)28-11-9-27(10-12-28)15-19-3-6-20(25)21(26)13-19/h3-8,13-14H,9-12,15-17H2,1-2H3/b8-5+. The minimum Gasteiger partial charge on any atom is -0.464 e. The van der Waals surface area contributed by atoms with E-state index in [0.29, 0.717) is 34.6 Å². The summed E-state index contributed by atoms with van der Waals surface area (Å²) in [5.74, 6) is 1.03. The molecule has 3 rings (SSSR count). The van der Waals surface area contributed by atoms with Gasteiger partial charge >= 0.3 is 0 Å². The van der Waals surface area contributed by atoms with E-state index in [9.17, 15) is 4.79 Å². The maximum Gasteiger partial charge on any atom is 0.246 e. The summed E-state index contributed by atoms with van der Waals surface area (Å²) in [4.78, 5) is 16.8. The molecule has 1 heterocycles. The lowest BCUT2D eigenvalue weighted by atomic mass is 10.1. The van der Waals surface area contributed by atoms with Gasteiger partial charge in [-0.15, -0.1) is 0 Å². The molecule has 1 aliphatic heterocycles. The topological polar surface area (TPSA) is 60.5 Å². The molecular weight excluding hydrogens is 467 g/mol. The SMILES string of the molecule is COCOc1ccc(/C=C/C(=O)N2CCN(Cc3ccc(Cl)c(Cl)c3)CC2)cc1OCOC. The van der Waals surface area contributed by atoms with Crippen molar-refractivity contribution in [2.45, 2.75) is 6.54 Å². The van der Waals surface area contributed by atoms with Gasteiger partial charge < -0.3 is 23.8 Å². The highest BCUT2D eigenvalue weighted by Gasteiger charge is 2.20. The lowest BCUT2D eigenvalue weighted by molar-refractivity contribution is -0.127. The predicted octanol–water partition coefficient (Wildman–Crippen LogP) is 4.32. The van der Waals surface area contributed by atoms with E-state index in [1.54, 1.807) is 38.5 Å². The zero-order chi connectivity index (χ0) is 23.6. The van der Waals surface area contributed by atoms with Gasteiger partial charge in [0.1, 0.15) is 0 Å². The third-order valence-electron chi connectivity index (χ3n) is 5.12. The van der Waals surface area contributed by atoms with Crippen LogP contribution in [-0.4, -0.2) is 69.7 Å². The third-order valence-corrected chi connectivity index (χ3v) is 5.86. The molecule has 0 unspecified atom stereocenters. The summed E-state index contributed by atoms with van der Waals surface area (Å²) < 4.78 is 21.0. The molecule has 33 heavy (non-hydrogen) atoms. The van der Waals surface area contributed by atoms with Crippen molar-refractivity contribution < 1.29 is 23.7 Å². The molecule has 1 fully saturated rings. The van der Waals surface area contributed by atoms with Gasteiger partial charge in [0.25, 0.3) is 0 Å². The van der Waals surface area contributed by atoms with Crippen molar-refractivity contribution in [1.29, 1.82) is 0 Å². The van der Waals surface area contributed by atoms with Gasteiger partial charge in [-0.2, -0.15) is 0 Å². The lowest BCUT2D eigenvalue weighted by Crippen LogP contribution is -2.47. The predicted molar refractivity (Wildman–Crippen MR) is 129 cm³/mol. The largest absolute Gasteiger partial charge is 0.464 e. The molecule has 1 amide bonds. The van der Waals surface area contributed by atoms with Gasteiger partial charge in [-0.3, -0.25) is 9.69 Å². The molecular formula is C24H28Cl2N2O5. The number of ether oxygens (including phenoxy) is 4. The van der Waals surface area contributed by atoms with Crippen molar-refractivity contribution in [1.82, 2.24) is 9.80 Å². The molecule has 178 valence electrons. The van der Waals surface area contributed by atoms with Gasteiger partial charge in [-0.25, -0.2) is 0 Å². The second-order valence-corrected chi connectivity index (χ2v) is 8.31. The van der Waals surface area contributed by atoms with Gasteiger partial charge in [0.2, 0.25) is 5.91 Å². The summed E-state index contributed by atoms with van der Waals surface area (Å²) in [5.41, 5.74) is 1.92. The molecule has 2 aromatic rings. The van der Waals surface area contributed by atoms with Crippen LogP contribution in [0.3, 0.4) is 0 Å². The Morgan fingerprint density at radius 3 is 2.27 bits per heavy atom. The first-order valence-electron chi connectivity index (χ1n) is 10.5. The number of benzene rings is 2. The molecule has 0 saturated carbocycles. The molecule has 0 spiro atoms. The van der Waals surface area contributed by atoms with Gasteiger partial charge in [-0.1, -0.05) is 35.3 Å². The second kappa shape index (κ2) is 12.8. The van der Waals surface area contributed by atoms with Crippen LogP contribution in [0.2, 0.25) is 10.0 Å². The Bertz CT molecular complexity index is 962. The highest BCUT2D eigenvalue weighted by molar-refractivity contribution is 6.42. The highest BCUT2D eigenvalue weighted by atomic mass is 35.5. The minimum atomic E-state index is -0.0248. The fraction of sp³-hybridized carbons (Fsp3) is 0.375. The van der Waals surface area contributed by atoms with Gasteiger partial charge in [0, 0.05) is 53.0 Å². The Hall–Kier alpha value is -2.29. The number of piperazine rings is 1. The second-order valence-electron chi connectivity index (χ2n) is 7.49. The Morgan fingerprint density at radius 2 is 1.61 bits per heavy atom. The number of halogens is 2. The van der Waals surface area contributed by atoms with Crippen molar-refractivity contribution in [2.24, 2.45) is 0 Å². The molecule has 0 atom stereocenters. The normalized spacial score (nSPS) is 14.6. The van der Waals surface area contributed by atoms with Crippen LogP contribution in [0.4, 0.5) is 0 Å². The fourth-order valence-corrected chi connectivity index (χ4v) is 3.72. The van der Waals surface area contributed by atoms with E-state index < -0.39 is 0 Å².